The Kier molecular flexibility index (Phi) is 10.3. The molecular formula is C23H30N4O7S2. The lowest BCUT2D eigenvalue weighted by Gasteiger charge is -2.34. The highest BCUT2D eigenvalue weighted by Crippen LogP contribution is 2.20. The van der Waals surface area contributed by atoms with Crippen molar-refractivity contribution in [3.05, 3.63) is 28.6 Å². The zero-order chi connectivity index (χ0) is 26.1. The van der Waals surface area contributed by atoms with Crippen LogP contribution in [0.25, 0.3) is 10.2 Å². The minimum absolute atomic E-state index is 0.0560. The molecule has 2 aromatic rings. The lowest BCUT2D eigenvalue weighted by Crippen LogP contribution is -2.51. The molecule has 1 aliphatic heterocycles. The van der Waals surface area contributed by atoms with Gasteiger partial charge in [-0.05, 0) is 25.1 Å². The number of carbonyl (C=O) groups excluding carboxylic acids is 4. The summed E-state index contributed by atoms with van der Waals surface area (Å²) in [6, 6.07) is 5.18. The Labute approximate surface area is 217 Å². The van der Waals surface area contributed by atoms with Crippen LogP contribution in [-0.4, -0.2) is 103 Å². The molecule has 0 saturated carbocycles. The second-order valence-electron chi connectivity index (χ2n) is 7.77. The van der Waals surface area contributed by atoms with Crippen LogP contribution < -0.4 is 4.80 Å². The van der Waals surface area contributed by atoms with Crippen LogP contribution in [0.1, 0.15) is 17.3 Å². The van der Waals surface area contributed by atoms with Crippen molar-refractivity contribution in [2.24, 2.45) is 4.99 Å². The van der Waals surface area contributed by atoms with Crippen molar-refractivity contribution in [1.82, 2.24) is 14.4 Å². The van der Waals surface area contributed by atoms with Gasteiger partial charge in [-0.2, -0.15) is 4.99 Å². The number of rotatable bonds is 9. The van der Waals surface area contributed by atoms with Crippen molar-refractivity contribution < 1.29 is 33.4 Å². The fourth-order valence-electron chi connectivity index (χ4n) is 3.61. The molecule has 0 unspecified atom stereocenters. The second-order valence-corrected chi connectivity index (χ2v) is 9.76. The molecule has 0 N–H and O–H groups in total. The molecule has 1 aromatic carbocycles. The molecule has 196 valence electrons. The van der Waals surface area contributed by atoms with Crippen molar-refractivity contribution in [2.45, 2.75) is 13.5 Å². The number of nitrogens with zero attached hydrogens (tertiary/aromatic N) is 4. The van der Waals surface area contributed by atoms with Crippen LogP contribution in [-0.2, 0) is 30.3 Å². The largest absolute Gasteiger partial charge is 0.465 e. The van der Waals surface area contributed by atoms with Gasteiger partial charge in [0.05, 0.1) is 47.6 Å². The Balaban J connectivity index is 1.60. The summed E-state index contributed by atoms with van der Waals surface area (Å²) in [5.74, 6) is -0.666. The van der Waals surface area contributed by atoms with E-state index in [9.17, 15) is 19.2 Å². The minimum Gasteiger partial charge on any atom is -0.465 e. The highest BCUT2D eigenvalue weighted by molar-refractivity contribution is 8.00. The fraction of sp³-hybridized carbons (Fsp3) is 0.522. The number of thiazole rings is 1. The first kappa shape index (κ1) is 27.7. The van der Waals surface area contributed by atoms with Gasteiger partial charge in [-0.3, -0.25) is 9.59 Å². The van der Waals surface area contributed by atoms with Gasteiger partial charge in [0.2, 0.25) is 5.91 Å². The quantitative estimate of drug-likeness (QED) is 0.442. The standard InChI is InChI=1S/C23H30N4O7S2/c1-4-34-23(31)26-9-7-25(8-10-26)20(29)15-35-14-19(28)24-22-27(11-12-32-2)17-6-5-16(21(30)33-3)13-18(17)36-22/h5-6,13H,4,7-12,14-15H2,1-3H3. The summed E-state index contributed by atoms with van der Waals surface area (Å²) in [5, 5.41) is 0. The van der Waals surface area contributed by atoms with Crippen molar-refractivity contribution in [3.8, 4) is 0 Å². The van der Waals surface area contributed by atoms with E-state index in [-0.39, 0.29) is 29.4 Å². The van der Waals surface area contributed by atoms with Crippen molar-refractivity contribution >= 4 is 57.2 Å². The molecule has 0 bridgehead atoms. The Bertz CT molecular complexity index is 1170. The Morgan fingerprint density at radius 3 is 2.44 bits per heavy atom. The maximum absolute atomic E-state index is 12.6. The van der Waals surface area contributed by atoms with E-state index in [1.54, 1.807) is 42.0 Å². The number of amides is 3. The molecule has 36 heavy (non-hydrogen) atoms. The normalized spacial score (nSPS) is 14.2. The zero-order valence-corrected chi connectivity index (χ0v) is 22.2. The molecule has 1 aliphatic rings. The number of ether oxygens (including phenoxy) is 3. The molecule has 3 rings (SSSR count). The topological polar surface area (TPSA) is 120 Å². The third kappa shape index (κ3) is 7.08. The third-order valence-electron chi connectivity index (χ3n) is 5.45. The maximum atomic E-state index is 12.6. The van der Waals surface area contributed by atoms with Gasteiger partial charge in [0.15, 0.2) is 4.80 Å². The van der Waals surface area contributed by atoms with E-state index >= 15 is 0 Å². The molecule has 0 radical (unpaired) electrons. The molecule has 1 fully saturated rings. The van der Waals surface area contributed by atoms with E-state index in [1.165, 1.54) is 30.2 Å². The van der Waals surface area contributed by atoms with Gasteiger partial charge in [0.1, 0.15) is 0 Å². The molecule has 1 saturated heterocycles. The number of esters is 1. The summed E-state index contributed by atoms with van der Waals surface area (Å²) in [4.78, 5) is 56.8. The molecule has 0 atom stereocenters. The zero-order valence-electron chi connectivity index (χ0n) is 20.6. The van der Waals surface area contributed by atoms with E-state index in [0.717, 1.165) is 10.2 Å². The average molecular weight is 539 g/mol. The smallest absolute Gasteiger partial charge is 0.409 e. The molecule has 0 aliphatic carbocycles. The lowest BCUT2D eigenvalue weighted by atomic mass is 10.2. The Hall–Kier alpha value is -2.90. The van der Waals surface area contributed by atoms with Crippen LogP contribution in [0.2, 0.25) is 0 Å². The highest BCUT2D eigenvalue weighted by Gasteiger charge is 2.24. The van der Waals surface area contributed by atoms with Gasteiger partial charge in [0.25, 0.3) is 5.91 Å². The SMILES string of the molecule is CCOC(=O)N1CCN(C(=O)CSCC(=O)N=c2sc3cc(C(=O)OC)ccc3n2CCOC)CC1. The lowest BCUT2D eigenvalue weighted by molar-refractivity contribution is -0.129. The first-order valence-corrected chi connectivity index (χ1v) is 13.4. The number of thioether (sulfide) groups is 1. The van der Waals surface area contributed by atoms with Gasteiger partial charge in [-0.25, -0.2) is 9.59 Å². The molecule has 11 nitrogen and oxygen atoms in total. The molecule has 1 aromatic heterocycles. The number of piperazine rings is 1. The monoisotopic (exact) mass is 538 g/mol. The maximum Gasteiger partial charge on any atom is 0.409 e. The third-order valence-corrected chi connectivity index (χ3v) is 7.40. The minimum atomic E-state index is -0.438. The Morgan fingerprint density at radius 2 is 1.78 bits per heavy atom. The average Bonchev–Trinajstić information content (AvgIpc) is 3.22. The summed E-state index contributed by atoms with van der Waals surface area (Å²) in [6.45, 7) is 4.71. The van der Waals surface area contributed by atoms with Crippen LogP contribution in [0.4, 0.5) is 4.79 Å². The van der Waals surface area contributed by atoms with Crippen LogP contribution in [0.15, 0.2) is 23.2 Å². The van der Waals surface area contributed by atoms with E-state index in [2.05, 4.69) is 4.99 Å². The van der Waals surface area contributed by atoms with E-state index < -0.39 is 5.97 Å². The number of carbonyl (C=O) groups is 4. The van der Waals surface area contributed by atoms with Gasteiger partial charge < -0.3 is 28.6 Å². The van der Waals surface area contributed by atoms with Crippen LogP contribution in [0.5, 0.6) is 0 Å². The second kappa shape index (κ2) is 13.4. The predicted molar refractivity (Wildman–Crippen MR) is 136 cm³/mol. The molecule has 2 heterocycles. The first-order valence-electron chi connectivity index (χ1n) is 11.4. The summed E-state index contributed by atoms with van der Waals surface area (Å²) in [6.07, 6.45) is -0.364. The number of fused-ring (bicyclic) bond motifs is 1. The molecule has 0 spiro atoms. The van der Waals surface area contributed by atoms with E-state index in [1.807, 2.05) is 4.57 Å². The van der Waals surface area contributed by atoms with Crippen LogP contribution >= 0.6 is 23.1 Å². The predicted octanol–water partition coefficient (Wildman–Crippen LogP) is 1.60. The van der Waals surface area contributed by atoms with E-state index in [4.69, 9.17) is 14.2 Å². The fourth-order valence-corrected chi connectivity index (χ4v) is 5.42. The number of hydrogen-bond acceptors (Lipinski definition) is 9. The first-order chi connectivity index (χ1) is 17.4. The Morgan fingerprint density at radius 1 is 1.06 bits per heavy atom. The highest BCUT2D eigenvalue weighted by atomic mass is 32.2. The van der Waals surface area contributed by atoms with E-state index in [0.29, 0.717) is 56.3 Å². The molecule has 13 heteroatoms. The molecular weight excluding hydrogens is 508 g/mol. The summed E-state index contributed by atoms with van der Waals surface area (Å²) in [7, 11) is 2.92. The number of methoxy groups -OCH3 is 2. The number of benzene rings is 1. The van der Waals surface area contributed by atoms with Crippen molar-refractivity contribution in [3.63, 3.8) is 0 Å². The summed E-state index contributed by atoms with van der Waals surface area (Å²) in [5.41, 5.74) is 1.25. The van der Waals surface area contributed by atoms with Gasteiger partial charge in [-0.15, -0.1) is 11.8 Å². The number of aromatic nitrogens is 1. The summed E-state index contributed by atoms with van der Waals surface area (Å²) >= 11 is 2.51. The van der Waals surface area contributed by atoms with Crippen molar-refractivity contribution in [1.29, 1.82) is 0 Å². The number of hydrogen-bond donors (Lipinski definition) is 0. The van der Waals surface area contributed by atoms with Gasteiger partial charge in [-0.1, -0.05) is 11.3 Å². The van der Waals surface area contributed by atoms with Crippen LogP contribution in [0.3, 0.4) is 0 Å². The van der Waals surface area contributed by atoms with Crippen LogP contribution in [0, 0.1) is 0 Å². The van der Waals surface area contributed by atoms with Gasteiger partial charge >= 0.3 is 12.1 Å². The van der Waals surface area contributed by atoms with Gasteiger partial charge in [0, 0.05) is 39.8 Å². The van der Waals surface area contributed by atoms with Crippen molar-refractivity contribution in [2.75, 3.05) is 65.1 Å². The summed E-state index contributed by atoms with van der Waals surface area (Å²) < 4.78 is 17.6. The molecule has 3 amide bonds.